The highest BCUT2D eigenvalue weighted by Crippen LogP contribution is 2.19. The maximum atomic E-state index is 6.27. The van der Waals surface area contributed by atoms with Gasteiger partial charge in [0.15, 0.2) is 0 Å². The molecule has 0 aromatic heterocycles. The van der Waals surface area contributed by atoms with Crippen LogP contribution in [0.25, 0.3) is 5.70 Å². The maximum absolute atomic E-state index is 6.27. The third kappa shape index (κ3) is 6.93. The molecule has 31 heavy (non-hydrogen) atoms. The number of nitrogens with one attached hydrogen (secondary N) is 1. The summed E-state index contributed by atoms with van der Waals surface area (Å²) in [6.45, 7) is 7.19. The van der Waals surface area contributed by atoms with E-state index in [1.165, 1.54) is 0 Å². The Morgan fingerprint density at radius 1 is 0.935 bits per heavy atom. The summed E-state index contributed by atoms with van der Waals surface area (Å²) in [5.74, 6) is 0.866. The second-order valence-electron chi connectivity index (χ2n) is 7.28. The Bertz CT molecular complexity index is 1050. The topological polar surface area (TPSA) is 47.3 Å². The van der Waals surface area contributed by atoms with E-state index < -0.39 is 0 Å². The molecular weight excluding hydrogens is 380 g/mol. The Labute approximate surface area is 185 Å². The van der Waals surface area contributed by atoms with E-state index in [0.29, 0.717) is 13.2 Å². The molecule has 0 aliphatic rings. The third-order valence-electron chi connectivity index (χ3n) is 4.99. The van der Waals surface area contributed by atoms with Crippen molar-refractivity contribution in [1.82, 2.24) is 0 Å². The Balaban J connectivity index is 1.61. The minimum absolute atomic E-state index is 0.561. The summed E-state index contributed by atoms with van der Waals surface area (Å²) < 4.78 is 5.94. The molecule has 0 atom stereocenters. The SMILES string of the molecule is C=C/C(=C\C=C(\N)c1cccc(NCc2cccc(OCc3ccccc3)c2)c1)CC. The molecule has 0 aliphatic heterocycles. The molecule has 0 saturated carbocycles. The second kappa shape index (κ2) is 11.5. The van der Waals surface area contributed by atoms with Crippen LogP contribution in [-0.2, 0) is 13.2 Å². The van der Waals surface area contributed by atoms with Crippen LogP contribution in [0.1, 0.15) is 30.0 Å². The number of anilines is 1. The lowest BCUT2D eigenvalue weighted by molar-refractivity contribution is 0.306. The fourth-order valence-electron chi connectivity index (χ4n) is 3.12. The average Bonchev–Trinajstić information content (AvgIpc) is 2.83. The molecule has 3 N–H and O–H groups in total. The van der Waals surface area contributed by atoms with Crippen LogP contribution in [0.15, 0.2) is 109 Å². The number of allylic oxidation sites excluding steroid dienone is 4. The highest BCUT2D eigenvalue weighted by Gasteiger charge is 2.01. The lowest BCUT2D eigenvalue weighted by Crippen LogP contribution is -2.02. The van der Waals surface area contributed by atoms with Gasteiger partial charge in [0.1, 0.15) is 12.4 Å². The molecule has 3 aromatic rings. The van der Waals surface area contributed by atoms with Crippen LogP contribution < -0.4 is 15.8 Å². The van der Waals surface area contributed by atoms with Crippen molar-refractivity contribution in [2.24, 2.45) is 5.73 Å². The zero-order chi connectivity index (χ0) is 21.9. The molecule has 3 aromatic carbocycles. The zero-order valence-electron chi connectivity index (χ0n) is 18.1. The van der Waals surface area contributed by atoms with Crippen molar-refractivity contribution < 1.29 is 4.74 Å². The van der Waals surface area contributed by atoms with E-state index in [0.717, 1.165) is 45.8 Å². The van der Waals surface area contributed by atoms with E-state index in [1.54, 1.807) is 0 Å². The van der Waals surface area contributed by atoms with Gasteiger partial charge < -0.3 is 15.8 Å². The molecule has 0 radical (unpaired) electrons. The Kier molecular flexibility index (Phi) is 8.13. The van der Waals surface area contributed by atoms with Crippen LogP contribution in [0.4, 0.5) is 5.69 Å². The van der Waals surface area contributed by atoms with Crippen molar-refractivity contribution >= 4 is 11.4 Å². The first-order valence-corrected chi connectivity index (χ1v) is 10.6. The minimum atomic E-state index is 0.561. The van der Waals surface area contributed by atoms with Gasteiger partial charge in [0, 0.05) is 17.9 Å². The number of hydrogen-bond acceptors (Lipinski definition) is 3. The van der Waals surface area contributed by atoms with Crippen molar-refractivity contribution in [3.05, 3.63) is 126 Å². The quantitative estimate of drug-likeness (QED) is 0.366. The Morgan fingerprint density at radius 2 is 1.71 bits per heavy atom. The minimum Gasteiger partial charge on any atom is -0.489 e. The van der Waals surface area contributed by atoms with Crippen molar-refractivity contribution in [3.8, 4) is 5.75 Å². The van der Waals surface area contributed by atoms with Gasteiger partial charge in [0.25, 0.3) is 0 Å². The highest BCUT2D eigenvalue weighted by molar-refractivity contribution is 5.68. The van der Waals surface area contributed by atoms with E-state index in [1.807, 2.05) is 66.8 Å². The fraction of sp³-hybridized carbons (Fsp3) is 0.143. The molecule has 3 rings (SSSR count). The molecule has 0 amide bonds. The molecular formula is C28H30N2O. The van der Waals surface area contributed by atoms with E-state index in [2.05, 4.69) is 49.2 Å². The molecule has 0 aliphatic carbocycles. The first-order valence-electron chi connectivity index (χ1n) is 10.6. The number of rotatable bonds is 10. The summed E-state index contributed by atoms with van der Waals surface area (Å²) in [5.41, 5.74) is 12.5. The van der Waals surface area contributed by atoms with Crippen LogP contribution in [0.3, 0.4) is 0 Å². The highest BCUT2D eigenvalue weighted by atomic mass is 16.5. The van der Waals surface area contributed by atoms with Gasteiger partial charge in [0.2, 0.25) is 0 Å². The molecule has 0 bridgehead atoms. The monoisotopic (exact) mass is 410 g/mol. The van der Waals surface area contributed by atoms with Gasteiger partial charge >= 0.3 is 0 Å². The second-order valence-corrected chi connectivity index (χ2v) is 7.28. The maximum Gasteiger partial charge on any atom is 0.120 e. The average molecular weight is 411 g/mol. The number of ether oxygens (including phenoxy) is 1. The Morgan fingerprint density at radius 3 is 2.48 bits per heavy atom. The van der Waals surface area contributed by atoms with Gasteiger partial charge in [-0.15, -0.1) is 0 Å². The fourth-order valence-corrected chi connectivity index (χ4v) is 3.12. The summed E-state index contributed by atoms with van der Waals surface area (Å²) in [7, 11) is 0. The van der Waals surface area contributed by atoms with Gasteiger partial charge in [-0.25, -0.2) is 0 Å². The standard InChI is InChI=1S/C28H30N2O/c1-3-22(4-2)16-17-28(29)25-13-9-14-26(19-25)30-20-24-12-8-15-27(18-24)31-21-23-10-6-5-7-11-23/h3,5-19,30H,1,4,20-21,29H2,2H3/b22-16+,28-17+. The van der Waals surface area contributed by atoms with Crippen LogP contribution in [0, 0.1) is 0 Å². The lowest BCUT2D eigenvalue weighted by Gasteiger charge is -2.11. The third-order valence-corrected chi connectivity index (χ3v) is 4.99. The molecule has 0 heterocycles. The molecule has 0 fully saturated rings. The van der Waals surface area contributed by atoms with E-state index >= 15 is 0 Å². The zero-order valence-corrected chi connectivity index (χ0v) is 18.1. The predicted molar refractivity (Wildman–Crippen MR) is 132 cm³/mol. The molecule has 0 saturated heterocycles. The molecule has 0 spiro atoms. The summed E-state index contributed by atoms with van der Waals surface area (Å²) in [5, 5.41) is 3.47. The van der Waals surface area contributed by atoms with Crippen molar-refractivity contribution in [2.75, 3.05) is 5.32 Å². The normalized spacial score (nSPS) is 11.8. The first kappa shape index (κ1) is 22.0. The lowest BCUT2D eigenvalue weighted by atomic mass is 10.1. The number of nitrogens with two attached hydrogens (primary N) is 1. The Hall–Kier alpha value is -3.72. The van der Waals surface area contributed by atoms with Gasteiger partial charge in [-0.05, 0) is 59.0 Å². The van der Waals surface area contributed by atoms with Gasteiger partial charge in [-0.3, -0.25) is 0 Å². The number of hydrogen-bond donors (Lipinski definition) is 2. The summed E-state index contributed by atoms with van der Waals surface area (Å²) in [4.78, 5) is 0. The largest absolute Gasteiger partial charge is 0.489 e. The van der Waals surface area contributed by atoms with E-state index in [4.69, 9.17) is 10.5 Å². The van der Waals surface area contributed by atoms with Gasteiger partial charge in [0.05, 0.1) is 0 Å². The molecule has 158 valence electrons. The summed E-state index contributed by atoms with van der Waals surface area (Å²) in [6, 6.07) is 26.5. The first-order chi connectivity index (χ1) is 15.2. The van der Waals surface area contributed by atoms with Crippen LogP contribution in [-0.4, -0.2) is 0 Å². The van der Waals surface area contributed by atoms with Gasteiger partial charge in [-0.2, -0.15) is 0 Å². The van der Waals surface area contributed by atoms with Crippen molar-refractivity contribution in [1.29, 1.82) is 0 Å². The molecule has 3 heteroatoms. The van der Waals surface area contributed by atoms with Crippen LogP contribution in [0.5, 0.6) is 5.75 Å². The van der Waals surface area contributed by atoms with Crippen LogP contribution in [0.2, 0.25) is 0 Å². The summed E-state index contributed by atoms with van der Waals surface area (Å²) in [6.07, 6.45) is 6.75. The summed E-state index contributed by atoms with van der Waals surface area (Å²) >= 11 is 0. The number of benzene rings is 3. The smallest absolute Gasteiger partial charge is 0.120 e. The van der Waals surface area contributed by atoms with E-state index in [-0.39, 0.29) is 0 Å². The predicted octanol–water partition coefficient (Wildman–Crippen LogP) is 6.70. The van der Waals surface area contributed by atoms with Crippen molar-refractivity contribution in [3.63, 3.8) is 0 Å². The van der Waals surface area contributed by atoms with Crippen LogP contribution >= 0.6 is 0 Å². The van der Waals surface area contributed by atoms with Gasteiger partial charge in [-0.1, -0.05) is 80.3 Å². The molecule has 3 nitrogen and oxygen atoms in total. The van der Waals surface area contributed by atoms with E-state index in [9.17, 15) is 0 Å². The molecule has 0 unspecified atom stereocenters. The van der Waals surface area contributed by atoms with Crippen molar-refractivity contribution in [2.45, 2.75) is 26.5 Å².